The lowest BCUT2D eigenvalue weighted by molar-refractivity contribution is 0.373. The SMILES string of the molecule is COc1nc(NN)nc(Sc2nnc(C)n2C)n1. The van der Waals surface area contributed by atoms with E-state index in [1.165, 1.54) is 18.9 Å². The third-order valence-corrected chi connectivity index (χ3v) is 3.04. The van der Waals surface area contributed by atoms with E-state index in [2.05, 4.69) is 30.6 Å². The highest BCUT2D eigenvalue weighted by Crippen LogP contribution is 2.24. The summed E-state index contributed by atoms with van der Waals surface area (Å²) >= 11 is 1.25. The van der Waals surface area contributed by atoms with Gasteiger partial charge in [-0.2, -0.15) is 15.0 Å². The van der Waals surface area contributed by atoms with Crippen molar-refractivity contribution in [1.82, 2.24) is 29.7 Å². The van der Waals surface area contributed by atoms with Crippen molar-refractivity contribution in [3.8, 4) is 6.01 Å². The molecule has 0 aliphatic rings. The van der Waals surface area contributed by atoms with Gasteiger partial charge in [0.05, 0.1) is 7.11 Å². The molecule has 0 saturated heterocycles. The predicted octanol–water partition coefficient (Wildman–Crippen LogP) is -0.246. The molecule has 0 saturated carbocycles. The second-order valence-electron chi connectivity index (χ2n) is 3.26. The number of anilines is 1. The van der Waals surface area contributed by atoms with Crippen LogP contribution in [-0.2, 0) is 7.05 Å². The maximum Gasteiger partial charge on any atom is 0.322 e. The summed E-state index contributed by atoms with van der Waals surface area (Å²) < 4.78 is 6.79. The molecule has 0 aliphatic heterocycles. The van der Waals surface area contributed by atoms with E-state index < -0.39 is 0 Å². The van der Waals surface area contributed by atoms with Gasteiger partial charge >= 0.3 is 6.01 Å². The quantitative estimate of drug-likeness (QED) is 0.572. The number of hydrogen-bond donors (Lipinski definition) is 2. The van der Waals surface area contributed by atoms with Gasteiger partial charge in [-0.05, 0) is 18.7 Å². The van der Waals surface area contributed by atoms with E-state index in [1.54, 1.807) is 0 Å². The minimum absolute atomic E-state index is 0.180. The largest absolute Gasteiger partial charge is 0.467 e. The Morgan fingerprint density at radius 1 is 1.28 bits per heavy atom. The lowest BCUT2D eigenvalue weighted by Gasteiger charge is -2.04. The van der Waals surface area contributed by atoms with Crippen molar-refractivity contribution in [2.45, 2.75) is 17.2 Å². The zero-order valence-electron chi connectivity index (χ0n) is 10.1. The molecule has 96 valence electrons. The summed E-state index contributed by atoms with van der Waals surface area (Å²) in [6.45, 7) is 1.86. The highest BCUT2D eigenvalue weighted by Gasteiger charge is 2.12. The minimum atomic E-state index is 0.180. The molecule has 2 aromatic heterocycles. The minimum Gasteiger partial charge on any atom is -0.467 e. The molecule has 0 fully saturated rings. The molecule has 3 N–H and O–H groups in total. The summed E-state index contributed by atoms with van der Waals surface area (Å²) in [6.07, 6.45) is 0. The van der Waals surface area contributed by atoms with Crippen LogP contribution in [0, 0.1) is 6.92 Å². The first-order chi connectivity index (χ1) is 8.63. The van der Waals surface area contributed by atoms with Gasteiger partial charge in [0.15, 0.2) is 5.16 Å². The number of hydrogen-bond acceptors (Lipinski definition) is 9. The topological polar surface area (TPSA) is 117 Å². The van der Waals surface area contributed by atoms with Crippen molar-refractivity contribution in [1.29, 1.82) is 0 Å². The van der Waals surface area contributed by atoms with Gasteiger partial charge in [-0.3, -0.25) is 5.43 Å². The van der Waals surface area contributed by atoms with Crippen LogP contribution in [0.15, 0.2) is 10.3 Å². The van der Waals surface area contributed by atoms with Crippen LogP contribution in [0.4, 0.5) is 5.95 Å². The summed E-state index contributed by atoms with van der Waals surface area (Å²) in [5, 5.41) is 9.04. The zero-order chi connectivity index (χ0) is 13.1. The monoisotopic (exact) mass is 268 g/mol. The highest BCUT2D eigenvalue weighted by molar-refractivity contribution is 7.99. The molecule has 0 spiro atoms. The van der Waals surface area contributed by atoms with Gasteiger partial charge in [0.1, 0.15) is 5.82 Å². The van der Waals surface area contributed by atoms with Crippen molar-refractivity contribution in [3.63, 3.8) is 0 Å². The van der Waals surface area contributed by atoms with Gasteiger partial charge in [0.25, 0.3) is 0 Å². The first kappa shape index (κ1) is 12.5. The predicted molar refractivity (Wildman–Crippen MR) is 64.1 cm³/mol. The lowest BCUT2D eigenvalue weighted by atomic mass is 10.7. The Labute approximate surface area is 107 Å². The van der Waals surface area contributed by atoms with Crippen LogP contribution in [0.5, 0.6) is 6.01 Å². The Balaban J connectivity index is 2.31. The fourth-order valence-electron chi connectivity index (χ4n) is 1.10. The fourth-order valence-corrected chi connectivity index (χ4v) is 1.87. The fraction of sp³-hybridized carbons (Fsp3) is 0.375. The van der Waals surface area contributed by atoms with Gasteiger partial charge in [-0.1, -0.05) is 0 Å². The molecule has 2 heterocycles. The maximum atomic E-state index is 5.27. The van der Waals surface area contributed by atoms with Crippen molar-refractivity contribution >= 4 is 17.7 Å². The molecule has 0 bridgehead atoms. The van der Waals surface area contributed by atoms with E-state index in [-0.39, 0.29) is 12.0 Å². The van der Waals surface area contributed by atoms with Gasteiger partial charge in [0.2, 0.25) is 11.1 Å². The van der Waals surface area contributed by atoms with Crippen LogP contribution in [0.25, 0.3) is 0 Å². The summed E-state index contributed by atoms with van der Waals surface area (Å²) in [6, 6.07) is 0.180. The molecule has 0 atom stereocenters. The van der Waals surface area contributed by atoms with E-state index in [0.29, 0.717) is 10.3 Å². The third-order valence-electron chi connectivity index (χ3n) is 2.14. The summed E-state index contributed by atoms with van der Waals surface area (Å²) in [4.78, 5) is 12.1. The number of nitrogens with two attached hydrogens (primary N) is 1. The van der Waals surface area contributed by atoms with E-state index in [0.717, 1.165) is 5.82 Å². The average Bonchev–Trinajstić information content (AvgIpc) is 2.70. The van der Waals surface area contributed by atoms with Crippen molar-refractivity contribution in [2.75, 3.05) is 12.5 Å². The summed E-state index contributed by atoms with van der Waals surface area (Å²) in [5.74, 6) is 6.30. The normalized spacial score (nSPS) is 10.4. The van der Waals surface area contributed by atoms with E-state index in [1.807, 2.05) is 18.5 Å². The van der Waals surface area contributed by atoms with Crippen LogP contribution < -0.4 is 16.0 Å². The summed E-state index contributed by atoms with van der Waals surface area (Å²) in [7, 11) is 3.33. The van der Waals surface area contributed by atoms with Gasteiger partial charge in [-0.25, -0.2) is 5.84 Å². The lowest BCUT2D eigenvalue weighted by Crippen LogP contribution is -2.12. The number of nitrogens with one attached hydrogen (secondary N) is 1. The highest BCUT2D eigenvalue weighted by atomic mass is 32.2. The molecule has 0 unspecified atom stereocenters. The molecular weight excluding hydrogens is 256 g/mol. The molecule has 0 radical (unpaired) electrons. The molecule has 9 nitrogen and oxygen atoms in total. The number of nitrogen functional groups attached to an aromatic ring is 1. The van der Waals surface area contributed by atoms with Gasteiger partial charge in [-0.15, -0.1) is 10.2 Å². The zero-order valence-corrected chi connectivity index (χ0v) is 10.9. The number of aromatic nitrogens is 6. The number of hydrazine groups is 1. The molecule has 0 amide bonds. The smallest absolute Gasteiger partial charge is 0.322 e. The average molecular weight is 268 g/mol. The maximum absolute atomic E-state index is 5.27. The Morgan fingerprint density at radius 3 is 2.61 bits per heavy atom. The Morgan fingerprint density at radius 2 is 2.06 bits per heavy atom. The van der Waals surface area contributed by atoms with Crippen LogP contribution in [0.3, 0.4) is 0 Å². The first-order valence-electron chi connectivity index (χ1n) is 4.94. The van der Waals surface area contributed by atoms with E-state index in [4.69, 9.17) is 10.6 Å². The second kappa shape index (κ2) is 5.14. The standard InChI is InChI=1S/C8H12N8OS/c1-4-14-15-8(16(4)2)18-7-11-5(13-9)10-6(12-7)17-3/h9H2,1-3H3,(H,10,11,12,13). The van der Waals surface area contributed by atoms with E-state index >= 15 is 0 Å². The van der Waals surface area contributed by atoms with Crippen molar-refractivity contribution < 1.29 is 4.74 Å². The van der Waals surface area contributed by atoms with Crippen LogP contribution in [0.2, 0.25) is 0 Å². The van der Waals surface area contributed by atoms with Crippen molar-refractivity contribution in [2.24, 2.45) is 12.9 Å². The number of aryl methyl sites for hydroxylation is 1. The third kappa shape index (κ3) is 2.49. The van der Waals surface area contributed by atoms with Crippen LogP contribution in [-0.4, -0.2) is 36.8 Å². The Kier molecular flexibility index (Phi) is 3.58. The van der Waals surface area contributed by atoms with E-state index in [9.17, 15) is 0 Å². The number of nitrogens with zero attached hydrogens (tertiary/aromatic N) is 6. The van der Waals surface area contributed by atoms with Gasteiger partial charge in [0, 0.05) is 7.05 Å². The molecule has 0 aliphatic carbocycles. The molecular formula is C8H12N8OS. The van der Waals surface area contributed by atoms with Crippen LogP contribution >= 0.6 is 11.8 Å². The summed E-state index contributed by atoms with van der Waals surface area (Å²) in [5.41, 5.74) is 2.35. The molecule has 0 aromatic carbocycles. The number of ether oxygens (including phenoxy) is 1. The number of rotatable bonds is 4. The second-order valence-corrected chi connectivity index (χ2v) is 4.20. The molecule has 10 heteroatoms. The van der Waals surface area contributed by atoms with Crippen LogP contribution in [0.1, 0.15) is 5.82 Å². The molecule has 2 rings (SSSR count). The Hall–Kier alpha value is -1.94. The Bertz CT molecular complexity index is 534. The van der Waals surface area contributed by atoms with Gasteiger partial charge < -0.3 is 9.30 Å². The number of methoxy groups -OCH3 is 1. The first-order valence-corrected chi connectivity index (χ1v) is 5.76. The molecule has 2 aromatic rings. The molecule has 18 heavy (non-hydrogen) atoms. The van der Waals surface area contributed by atoms with Crippen molar-refractivity contribution in [3.05, 3.63) is 5.82 Å².